The summed E-state index contributed by atoms with van der Waals surface area (Å²) in [6.45, 7) is 30.2. The maximum Gasteiger partial charge on any atom is 0.410 e. The molecule has 71 heavy (non-hydrogen) atoms. The van der Waals surface area contributed by atoms with Gasteiger partial charge in [0.15, 0.2) is 0 Å². The lowest BCUT2D eigenvalue weighted by atomic mass is 9.87. The number of hydrogen-bond donors (Lipinski definition) is 2. The van der Waals surface area contributed by atoms with Crippen LogP contribution in [0.3, 0.4) is 0 Å². The Labute approximate surface area is 423 Å². The van der Waals surface area contributed by atoms with Crippen molar-refractivity contribution in [1.29, 1.82) is 0 Å². The van der Waals surface area contributed by atoms with Crippen LogP contribution in [0.1, 0.15) is 177 Å². The average molecular weight is 972 g/mol. The predicted molar refractivity (Wildman–Crippen MR) is 283 cm³/mol. The van der Waals surface area contributed by atoms with Crippen molar-refractivity contribution in [1.82, 2.24) is 25.5 Å². The number of pyridine rings is 2. The SMILES string of the molecule is CC(C)(C)NC(=O)C(c1cccnc1)N(C(=O)C1CCCC1)c1ccc(C(C)(C)C)cc1.CC(C)(C)NC(=O)C(c1cccnc1)N(C(=O)[C@@H]1CCCN1C(=O)OC(C)(C)C)c1ccc(C(C)(C)C)cc1. The molecule has 0 bridgehead atoms. The standard InChI is InChI=1S/C31H44N4O4.C27H37N3O2/c1-29(2,3)22-14-16-23(17-15-22)35(25(21-12-10-18-32-20-21)26(36)33-30(4,5)6)27(37)24-13-11-19-34(24)28(38)39-31(7,8)9;1-26(2,3)21-13-15-22(16-14-21)30(25(32)19-10-7-8-11-19)23(20-12-9-17-28-18-20)24(31)29-27(4,5)6/h10,12,14-18,20,24-25H,11,13,19H2,1-9H3,(H,33,36);9,12-19,23H,7-8,10-11H2,1-6H3,(H,29,31)/t24-,25?;/m0./s1. The highest BCUT2D eigenvalue weighted by atomic mass is 16.6. The van der Waals surface area contributed by atoms with Crippen molar-refractivity contribution in [3.8, 4) is 0 Å². The molecule has 2 N–H and O–H groups in total. The van der Waals surface area contributed by atoms with Crippen LogP contribution in [-0.2, 0) is 34.7 Å². The minimum Gasteiger partial charge on any atom is -0.444 e. The number of hydrogen-bond acceptors (Lipinski definition) is 8. The molecule has 2 aromatic carbocycles. The largest absolute Gasteiger partial charge is 0.444 e. The highest BCUT2D eigenvalue weighted by Gasteiger charge is 2.44. The van der Waals surface area contributed by atoms with E-state index in [0.717, 1.165) is 36.9 Å². The lowest BCUT2D eigenvalue weighted by Crippen LogP contribution is -2.54. The van der Waals surface area contributed by atoms with E-state index in [4.69, 9.17) is 4.74 Å². The second-order valence-electron chi connectivity index (χ2n) is 24.2. The Balaban J connectivity index is 0.000000269. The third-order valence-electron chi connectivity index (χ3n) is 12.4. The Kier molecular flexibility index (Phi) is 17.7. The van der Waals surface area contributed by atoms with Crippen molar-refractivity contribution >= 4 is 41.1 Å². The fraction of sp³-hybridized carbons (Fsp3) is 0.534. The van der Waals surface area contributed by atoms with Crippen LogP contribution in [0, 0.1) is 5.92 Å². The molecule has 13 nitrogen and oxygen atoms in total. The summed E-state index contributed by atoms with van der Waals surface area (Å²) < 4.78 is 5.63. The van der Waals surface area contributed by atoms with Gasteiger partial charge in [0.25, 0.3) is 5.91 Å². The summed E-state index contributed by atoms with van der Waals surface area (Å²) in [5.41, 5.74) is 3.17. The van der Waals surface area contributed by atoms with E-state index in [1.165, 1.54) is 15.4 Å². The Morgan fingerprint density at radius 2 is 0.972 bits per heavy atom. The molecule has 6 rings (SSSR count). The first-order chi connectivity index (χ1) is 32.9. The number of rotatable bonds is 10. The van der Waals surface area contributed by atoms with E-state index in [1.54, 1.807) is 62.6 Å². The summed E-state index contributed by atoms with van der Waals surface area (Å²) in [4.78, 5) is 82.1. The zero-order valence-electron chi connectivity index (χ0n) is 45.2. The molecule has 3 atom stereocenters. The van der Waals surface area contributed by atoms with E-state index in [9.17, 15) is 24.0 Å². The Morgan fingerprint density at radius 3 is 1.32 bits per heavy atom. The summed E-state index contributed by atoms with van der Waals surface area (Å²) in [6, 6.07) is 20.5. The van der Waals surface area contributed by atoms with Gasteiger partial charge in [-0.1, -0.05) is 90.8 Å². The van der Waals surface area contributed by atoms with Crippen LogP contribution in [-0.4, -0.2) is 73.9 Å². The quantitative estimate of drug-likeness (QED) is 0.159. The molecule has 1 saturated heterocycles. The molecule has 2 unspecified atom stereocenters. The van der Waals surface area contributed by atoms with Gasteiger partial charge in [0, 0.05) is 70.8 Å². The van der Waals surface area contributed by atoms with Gasteiger partial charge in [0.05, 0.1) is 0 Å². The van der Waals surface area contributed by atoms with E-state index in [-0.39, 0.29) is 40.4 Å². The molecular formula is C58H81N7O6. The molecule has 5 amide bonds. The van der Waals surface area contributed by atoms with Gasteiger partial charge in [-0.2, -0.15) is 0 Å². The molecule has 2 aromatic heterocycles. The highest BCUT2D eigenvalue weighted by Crippen LogP contribution is 2.37. The van der Waals surface area contributed by atoms with E-state index in [2.05, 4.69) is 74.3 Å². The average Bonchev–Trinajstić information content (AvgIpc) is 4.00. The fourth-order valence-electron chi connectivity index (χ4n) is 8.93. The second-order valence-corrected chi connectivity index (χ2v) is 24.2. The minimum absolute atomic E-state index is 0.00514. The zero-order chi connectivity index (χ0) is 52.7. The van der Waals surface area contributed by atoms with E-state index in [1.807, 2.05) is 90.1 Å². The van der Waals surface area contributed by atoms with E-state index < -0.39 is 40.9 Å². The highest BCUT2D eigenvalue weighted by molar-refractivity contribution is 6.05. The van der Waals surface area contributed by atoms with Crippen LogP contribution in [0.4, 0.5) is 16.2 Å². The van der Waals surface area contributed by atoms with Crippen LogP contribution >= 0.6 is 0 Å². The van der Waals surface area contributed by atoms with Gasteiger partial charge < -0.3 is 15.4 Å². The number of likely N-dealkylation sites (tertiary alicyclic amines) is 1. The number of carbonyl (C=O) groups excluding carboxylic acids is 5. The third-order valence-corrected chi connectivity index (χ3v) is 12.4. The van der Waals surface area contributed by atoms with Gasteiger partial charge in [0.2, 0.25) is 17.7 Å². The number of nitrogens with zero attached hydrogens (tertiary/aromatic N) is 5. The third kappa shape index (κ3) is 15.4. The lowest BCUT2D eigenvalue weighted by molar-refractivity contribution is -0.129. The molecule has 4 aromatic rings. The Morgan fingerprint density at radius 1 is 0.563 bits per heavy atom. The van der Waals surface area contributed by atoms with Crippen molar-refractivity contribution in [3.05, 3.63) is 120 Å². The number of benzene rings is 2. The molecule has 1 aliphatic heterocycles. The van der Waals surface area contributed by atoms with Crippen LogP contribution in [0.5, 0.6) is 0 Å². The smallest absolute Gasteiger partial charge is 0.410 e. The maximum absolute atomic E-state index is 14.5. The van der Waals surface area contributed by atoms with Crippen molar-refractivity contribution < 1.29 is 28.7 Å². The summed E-state index contributed by atoms with van der Waals surface area (Å²) in [6.07, 6.45) is 11.1. The van der Waals surface area contributed by atoms with Gasteiger partial charge in [-0.25, -0.2) is 4.79 Å². The number of nitrogens with one attached hydrogen (secondary N) is 2. The molecule has 13 heteroatoms. The number of ether oxygens (including phenoxy) is 1. The van der Waals surface area contributed by atoms with Crippen molar-refractivity contribution in [3.63, 3.8) is 0 Å². The van der Waals surface area contributed by atoms with Crippen molar-refractivity contribution in [2.24, 2.45) is 5.92 Å². The van der Waals surface area contributed by atoms with Gasteiger partial charge >= 0.3 is 6.09 Å². The molecule has 1 saturated carbocycles. The Bertz CT molecular complexity index is 2420. The summed E-state index contributed by atoms with van der Waals surface area (Å²) >= 11 is 0. The molecule has 1 aliphatic carbocycles. The number of amides is 5. The minimum atomic E-state index is -0.994. The summed E-state index contributed by atoms with van der Waals surface area (Å²) in [5, 5.41) is 6.14. The first-order valence-corrected chi connectivity index (χ1v) is 25.3. The molecule has 384 valence electrons. The van der Waals surface area contributed by atoms with Crippen LogP contribution in [0.25, 0.3) is 0 Å². The second kappa shape index (κ2) is 22.5. The van der Waals surface area contributed by atoms with E-state index in [0.29, 0.717) is 36.2 Å². The molecular weight excluding hydrogens is 891 g/mol. The van der Waals surface area contributed by atoms with Crippen LogP contribution in [0.2, 0.25) is 0 Å². The summed E-state index contributed by atoms with van der Waals surface area (Å²) in [7, 11) is 0. The molecule has 2 fully saturated rings. The normalized spacial score (nSPS) is 16.5. The first kappa shape index (κ1) is 55.8. The molecule has 0 radical (unpaired) electrons. The zero-order valence-corrected chi connectivity index (χ0v) is 45.2. The number of anilines is 2. The summed E-state index contributed by atoms with van der Waals surface area (Å²) in [5.74, 6) is -0.898. The van der Waals surface area contributed by atoms with E-state index >= 15 is 0 Å². The molecule has 0 spiro atoms. The van der Waals surface area contributed by atoms with Crippen LogP contribution in [0.15, 0.2) is 97.6 Å². The molecule has 2 aliphatic rings. The lowest BCUT2D eigenvalue weighted by Gasteiger charge is -2.37. The fourth-order valence-corrected chi connectivity index (χ4v) is 8.93. The monoisotopic (exact) mass is 972 g/mol. The van der Waals surface area contributed by atoms with Gasteiger partial charge in [-0.3, -0.25) is 43.8 Å². The van der Waals surface area contributed by atoms with Crippen LogP contribution < -0.4 is 20.4 Å². The van der Waals surface area contributed by atoms with Crippen molar-refractivity contribution in [2.45, 2.75) is 188 Å². The topological polar surface area (TPSA) is 154 Å². The van der Waals surface area contributed by atoms with Gasteiger partial charge in [-0.15, -0.1) is 0 Å². The maximum atomic E-state index is 14.5. The number of aromatic nitrogens is 2. The molecule has 3 heterocycles. The predicted octanol–water partition coefficient (Wildman–Crippen LogP) is 11.3. The van der Waals surface area contributed by atoms with Crippen molar-refractivity contribution in [2.75, 3.05) is 16.3 Å². The van der Waals surface area contributed by atoms with Gasteiger partial charge in [0.1, 0.15) is 23.7 Å². The van der Waals surface area contributed by atoms with Gasteiger partial charge in [-0.05, 0) is 146 Å². The first-order valence-electron chi connectivity index (χ1n) is 25.3. The Hall–Kier alpha value is -6.11. The number of carbonyl (C=O) groups is 5.